The van der Waals surface area contributed by atoms with Crippen molar-refractivity contribution in [2.45, 2.75) is 71.5 Å². The predicted octanol–water partition coefficient (Wildman–Crippen LogP) is 4.18. The van der Waals surface area contributed by atoms with Gasteiger partial charge < -0.3 is 20.9 Å². The van der Waals surface area contributed by atoms with Gasteiger partial charge in [-0.2, -0.15) is 0 Å². The van der Waals surface area contributed by atoms with Crippen molar-refractivity contribution >= 4 is 22.9 Å². The van der Waals surface area contributed by atoms with E-state index in [0.717, 1.165) is 30.9 Å². The van der Waals surface area contributed by atoms with Gasteiger partial charge in [-0.05, 0) is 50.1 Å². The molecule has 1 aromatic heterocycles. The van der Waals surface area contributed by atoms with Crippen molar-refractivity contribution < 1.29 is 0 Å². The summed E-state index contributed by atoms with van der Waals surface area (Å²) in [6.07, 6.45) is 6.62. The van der Waals surface area contributed by atoms with Crippen LogP contribution in [-0.2, 0) is 0 Å². The van der Waals surface area contributed by atoms with Crippen LogP contribution < -0.4 is 20.9 Å². The largest absolute Gasteiger partial charge is 0.376 e. The van der Waals surface area contributed by atoms with Gasteiger partial charge in [0.15, 0.2) is 5.82 Å². The molecule has 0 saturated heterocycles. The number of nitrogens with zero attached hydrogens (tertiary/aromatic N) is 4. The van der Waals surface area contributed by atoms with Crippen LogP contribution in [0.4, 0.5) is 22.9 Å². The molecular formula is C22H35N7. The lowest BCUT2D eigenvalue weighted by Crippen LogP contribution is -2.48. The summed E-state index contributed by atoms with van der Waals surface area (Å²) in [4.78, 5) is 2.33. The molecule has 7 heteroatoms. The first-order chi connectivity index (χ1) is 14.1. The second kappa shape index (κ2) is 10.4. The third-order valence-electron chi connectivity index (χ3n) is 5.53. The van der Waals surface area contributed by atoms with Gasteiger partial charge in [-0.3, -0.25) is 0 Å². The van der Waals surface area contributed by atoms with Crippen molar-refractivity contribution in [3.05, 3.63) is 30.5 Å². The predicted molar refractivity (Wildman–Crippen MR) is 121 cm³/mol. The maximum Gasteiger partial charge on any atom is 0.179 e. The maximum atomic E-state index is 4.27. The van der Waals surface area contributed by atoms with E-state index >= 15 is 0 Å². The molecule has 0 aliphatic heterocycles. The lowest BCUT2D eigenvalue weighted by Gasteiger charge is -2.35. The molecule has 7 nitrogen and oxygen atoms in total. The smallest absolute Gasteiger partial charge is 0.179 e. The van der Waals surface area contributed by atoms with Crippen molar-refractivity contribution in [2.75, 3.05) is 28.6 Å². The quantitative estimate of drug-likeness (QED) is 0.586. The Morgan fingerprint density at radius 3 is 2.59 bits per heavy atom. The second-order valence-corrected chi connectivity index (χ2v) is 8.01. The van der Waals surface area contributed by atoms with Crippen molar-refractivity contribution in [1.82, 2.24) is 20.7 Å². The monoisotopic (exact) mass is 397 g/mol. The molecule has 3 N–H and O–H groups in total. The zero-order chi connectivity index (χ0) is 20.6. The molecule has 2 aromatic rings. The molecule has 29 heavy (non-hydrogen) atoms. The van der Waals surface area contributed by atoms with Crippen LogP contribution in [0.25, 0.3) is 0 Å². The number of benzene rings is 1. The average molecular weight is 398 g/mol. The number of anilines is 4. The highest BCUT2D eigenvalue weighted by molar-refractivity contribution is 5.71. The number of hydrogen-bond acceptors (Lipinski definition) is 7. The Kier molecular flexibility index (Phi) is 7.63. The van der Waals surface area contributed by atoms with Crippen LogP contribution in [0.15, 0.2) is 30.5 Å². The molecule has 0 spiro atoms. The van der Waals surface area contributed by atoms with Crippen molar-refractivity contribution in [3.63, 3.8) is 0 Å². The standard InChI is InChI=1S/C22H35N7/c1-5-29(6-2)18-11-9-10-17(14-18)25-22-21(15-23-28-27-22)26-20-13-8-7-12-19(20)24-16(3)4/h9-11,14-16,19-20,24H,5-8,12-13H2,1-4H3,(H,26,28)(H,23,25,27). The Labute approximate surface area is 174 Å². The molecule has 1 aliphatic carbocycles. The fourth-order valence-corrected chi connectivity index (χ4v) is 4.10. The Hall–Kier alpha value is -2.41. The lowest BCUT2D eigenvalue weighted by atomic mass is 9.89. The van der Waals surface area contributed by atoms with Crippen molar-refractivity contribution in [2.24, 2.45) is 0 Å². The van der Waals surface area contributed by atoms with E-state index in [-0.39, 0.29) is 0 Å². The number of aromatic nitrogens is 3. The van der Waals surface area contributed by atoms with E-state index in [1.165, 1.54) is 24.9 Å². The van der Waals surface area contributed by atoms with E-state index in [9.17, 15) is 0 Å². The molecule has 158 valence electrons. The Balaban J connectivity index is 1.76. The Morgan fingerprint density at radius 1 is 1.10 bits per heavy atom. The van der Waals surface area contributed by atoms with Crippen molar-refractivity contribution in [1.29, 1.82) is 0 Å². The summed E-state index contributed by atoms with van der Waals surface area (Å²) in [5.41, 5.74) is 3.10. The highest BCUT2D eigenvalue weighted by Crippen LogP contribution is 2.28. The first-order valence-electron chi connectivity index (χ1n) is 10.9. The third kappa shape index (κ3) is 5.79. The molecule has 2 atom stereocenters. The zero-order valence-electron chi connectivity index (χ0n) is 18.2. The number of hydrogen-bond donors (Lipinski definition) is 3. The van der Waals surface area contributed by atoms with Gasteiger partial charge in [0.25, 0.3) is 0 Å². The SMILES string of the molecule is CCN(CC)c1cccc(Nc2nnncc2NC2CCCCC2NC(C)C)c1. The van der Waals surface area contributed by atoms with Crippen LogP contribution in [-0.4, -0.2) is 46.6 Å². The van der Waals surface area contributed by atoms with E-state index in [4.69, 9.17) is 0 Å². The van der Waals surface area contributed by atoms with Gasteiger partial charge in [0.2, 0.25) is 0 Å². The van der Waals surface area contributed by atoms with E-state index < -0.39 is 0 Å². The highest BCUT2D eigenvalue weighted by Gasteiger charge is 2.26. The van der Waals surface area contributed by atoms with Crippen LogP contribution in [0.5, 0.6) is 0 Å². The van der Waals surface area contributed by atoms with Crippen LogP contribution in [0.1, 0.15) is 53.4 Å². The maximum absolute atomic E-state index is 4.27. The zero-order valence-corrected chi connectivity index (χ0v) is 18.2. The molecule has 1 heterocycles. The molecule has 1 aliphatic rings. The van der Waals surface area contributed by atoms with E-state index in [2.05, 4.69) is 88.2 Å². The van der Waals surface area contributed by atoms with Crippen LogP contribution in [0.2, 0.25) is 0 Å². The number of nitrogens with one attached hydrogen (secondary N) is 3. The first kappa shape index (κ1) is 21.3. The average Bonchev–Trinajstić information content (AvgIpc) is 2.72. The van der Waals surface area contributed by atoms with Crippen molar-refractivity contribution in [3.8, 4) is 0 Å². The summed E-state index contributed by atoms with van der Waals surface area (Å²) in [6.45, 7) is 10.7. The summed E-state index contributed by atoms with van der Waals surface area (Å²) in [7, 11) is 0. The molecule has 1 fully saturated rings. The fourth-order valence-electron chi connectivity index (χ4n) is 4.10. The highest BCUT2D eigenvalue weighted by atomic mass is 15.3. The molecule has 1 saturated carbocycles. The summed E-state index contributed by atoms with van der Waals surface area (Å²) < 4.78 is 0. The van der Waals surface area contributed by atoms with Gasteiger partial charge in [0, 0.05) is 42.6 Å². The summed E-state index contributed by atoms with van der Waals surface area (Å²) in [6, 6.07) is 9.71. The minimum Gasteiger partial charge on any atom is -0.376 e. The molecule has 1 aromatic carbocycles. The van der Waals surface area contributed by atoms with Gasteiger partial charge >= 0.3 is 0 Å². The first-order valence-corrected chi connectivity index (χ1v) is 10.9. The lowest BCUT2D eigenvalue weighted by molar-refractivity contribution is 0.325. The van der Waals surface area contributed by atoms with Gasteiger partial charge in [0.1, 0.15) is 5.69 Å². The Bertz CT molecular complexity index is 760. The van der Waals surface area contributed by atoms with Gasteiger partial charge in [0.05, 0.1) is 6.20 Å². The minimum atomic E-state index is 0.361. The molecule has 3 rings (SSSR count). The molecule has 0 amide bonds. The molecule has 0 radical (unpaired) electrons. The Morgan fingerprint density at radius 2 is 1.86 bits per heavy atom. The van der Waals surface area contributed by atoms with E-state index in [1.54, 1.807) is 6.20 Å². The minimum absolute atomic E-state index is 0.361. The van der Waals surface area contributed by atoms with Crippen LogP contribution in [0, 0.1) is 0 Å². The fraction of sp³-hybridized carbons (Fsp3) is 0.591. The third-order valence-corrected chi connectivity index (χ3v) is 5.53. The summed E-state index contributed by atoms with van der Waals surface area (Å²) in [5.74, 6) is 0.713. The number of rotatable bonds is 9. The summed E-state index contributed by atoms with van der Waals surface area (Å²) in [5, 5.41) is 23.0. The second-order valence-electron chi connectivity index (χ2n) is 8.01. The summed E-state index contributed by atoms with van der Waals surface area (Å²) >= 11 is 0. The van der Waals surface area contributed by atoms with E-state index in [0.29, 0.717) is 23.9 Å². The van der Waals surface area contributed by atoms with Crippen LogP contribution >= 0.6 is 0 Å². The van der Waals surface area contributed by atoms with Crippen LogP contribution in [0.3, 0.4) is 0 Å². The van der Waals surface area contributed by atoms with Gasteiger partial charge in [-0.1, -0.05) is 32.8 Å². The molecular weight excluding hydrogens is 362 g/mol. The normalized spacial score (nSPS) is 19.2. The van der Waals surface area contributed by atoms with Gasteiger partial charge in [-0.25, -0.2) is 0 Å². The molecule has 2 unspecified atom stereocenters. The topological polar surface area (TPSA) is 78.0 Å². The van der Waals surface area contributed by atoms with Gasteiger partial charge in [-0.15, -0.1) is 10.2 Å². The van der Waals surface area contributed by atoms with E-state index in [1.807, 2.05) is 0 Å². The molecule has 0 bridgehead atoms.